The van der Waals surface area contributed by atoms with E-state index in [4.69, 9.17) is 14.2 Å². The first kappa shape index (κ1) is 23.0. The summed E-state index contributed by atoms with van der Waals surface area (Å²) in [5.41, 5.74) is 0. The number of carbonyl (C=O) groups excluding carboxylic acids is 2. The summed E-state index contributed by atoms with van der Waals surface area (Å²) in [6, 6.07) is 9.53. The quantitative estimate of drug-likeness (QED) is 0.389. The molecule has 0 aliphatic carbocycles. The Morgan fingerprint density at radius 1 is 1.04 bits per heavy atom. The molecule has 152 valence electrons. The van der Waals surface area contributed by atoms with Gasteiger partial charge < -0.3 is 19.1 Å². The Bertz CT molecular complexity index is 547. The van der Waals surface area contributed by atoms with Crippen molar-refractivity contribution in [2.45, 2.75) is 46.1 Å². The maximum atomic E-state index is 12.6. The molecule has 1 aromatic carbocycles. The van der Waals surface area contributed by atoms with Gasteiger partial charge in [0.2, 0.25) is 5.91 Å². The minimum Gasteiger partial charge on any atom is -0.494 e. The summed E-state index contributed by atoms with van der Waals surface area (Å²) in [6.07, 6.45) is 1.90. The fourth-order valence-corrected chi connectivity index (χ4v) is 2.59. The van der Waals surface area contributed by atoms with E-state index >= 15 is 0 Å². The lowest BCUT2D eigenvalue weighted by Gasteiger charge is -2.25. The number of nitrogens with zero attached hydrogens (tertiary/aromatic N) is 1. The molecule has 0 radical (unpaired) electrons. The van der Waals surface area contributed by atoms with Crippen LogP contribution in [-0.2, 0) is 19.1 Å². The molecule has 0 heterocycles. The topological polar surface area (TPSA) is 65.1 Å². The highest BCUT2D eigenvalue weighted by Gasteiger charge is 2.21. The van der Waals surface area contributed by atoms with Crippen molar-refractivity contribution in [2.75, 3.05) is 33.4 Å². The zero-order valence-corrected chi connectivity index (χ0v) is 17.0. The van der Waals surface area contributed by atoms with Gasteiger partial charge in [-0.05, 0) is 38.8 Å². The summed E-state index contributed by atoms with van der Waals surface area (Å²) in [4.78, 5) is 26.0. The zero-order valence-electron chi connectivity index (χ0n) is 17.0. The van der Waals surface area contributed by atoms with E-state index < -0.39 is 0 Å². The molecule has 0 saturated heterocycles. The molecule has 0 aliphatic heterocycles. The van der Waals surface area contributed by atoms with Crippen molar-refractivity contribution in [3.63, 3.8) is 0 Å². The Morgan fingerprint density at radius 2 is 1.74 bits per heavy atom. The third-order valence-corrected chi connectivity index (χ3v) is 4.02. The van der Waals surface area contributed by atoms with E-state index in [-0.39, 0.29) is 23.9 Å². The molecule has 0 bridgehead atoms. The summed E-state index contributed by atoms with van der Waals surface area (Å²) in [7, 11) is 1.36. The van der Waals surface area contributed by atoms with Crippen molar-refractivity contribution in [3.8, 4) is 5.75 Å². The van der Waals surface area contributed by atoms with E-state index in [1.807, 2.05) is 44.2 Å². The molecule has 0 fully saturated rings. The fourth-order valence-electron chi connectivity index (χ4n) is 2.59. The SMILES string of the molecule is COC(=O)C(C)CN(CCCOC(C)C)C(=O)CCCOc1ccccc1. The van der Waals surface area contributed by atoms with Crippen LogP contribution in [0.3, 0.4) is 0 Å². The van der Waals surface area contributed by atoms with E-state index in [1.165, 1.54) is 7.11 Å². The molecular weight excluding hydrogens is 346 g/mol. The number of amides is 1. The lowest BCUT2D eigenvalue weighted by Crippen LogP contribution is -2.38. The van der Waals surface area contributed by atoms with Gasteiger partial charge in [0.25, 0.3) is 0 Å². The van der Waals surface area contributed by atoms with Crippen molar-refractivity contribution < 1.29 is 23.8 Å². The second-order valence-corrected chi connectivity index (χ2v) is 6.80. The normalized spacial score (nSPS) is 11.9. The van der Waals surface area contributed by atoms with Gasteiger partial charge >= 0.3 is 5.97 Å². The summed E-state index contributed by atoms with van der Waals surface area (Å²) < 4.78 is 16.0. The predicted octanol–water partition coefficient (Wildman–Crippen LogP) is 3.30. The number of methoxy groups -OCH3 is 1. The number of hydrogen-bond acceptors (Lipinski definition) is 5. The molecule has 0 aromatic heterocycles. The van der Waals surface area contributed by atoms with Gasteiger partial charge in [0.15, 0.2) is 0 Å². The van der Waals surface area contributed by atoms with Crippen LogP contribution in [0, 0.1) is 5.92 Å². The molecule has 6 heteroatoms. The van der Waals surface area contributed by atoms with Gasteiger partial charge in [-0.3, -0.25) is 9.59 Å². The van der Waals surface area contributed by atoms with Gasteiger partial charge in [0.05, 0.1) is 25.7 Å². The highest BCUT2D eigenvalue weighted by atomic mass is 16.5. The third-order valence-electron chi connectivity index (χ3n) is 4.02. The van der Waals surface area contributed by atoms with E-state index in [9.17, 15) is 9.59 Å². The molecule has 0 spiro atoms. The molecule has 1 rings (SSSR count). The Kier molecular flexibility index (Phi) is 11.2. The average Bonchev–Trinajstić information content (AvgIpc) is 2.67. The number of ether oxygens (including phenoxy) is 3. The van der Waals surface area contributed by atoms with Crippen molar-refractivity contribution in [3.05, 3.63) is 30.3 Å². The van der Waals surface area contributed by atoms with Gasteiger partial charge in [-0.2, -0.15) is 0 Å². The van der Waals surface area contributed by atoms with Crippen molar-refractivity contribution in [1.29, 1.82) is 0 Å². The summed E-state index contributed by atoms with van der Waals surface area (Å²) in [5.74, 6) is 0.156. The molecule has 1 atom stereocenters. The first-order valence-electron chi connectivity index (χ1n) is 9.59. The first-order chi connectivity index (χ1) is 12.9. The van der Waals surface area contributed by atoms with Crippen LogP contribution in [0.4, 0.5) is 0 Å². The molecule has 0 aliphatic rings. The second kappa shape index (κ2) is 13.1. The Hall–Kier alpha value is -2.08. The third kappa shape index (κ3) is 9.99. The first-order valence-corrected chi connectivity index (χ1v) is 9.59. The largest absolute Gasteiger partial charge is 0.494 e. The number of esters is 1. The van der Waals surface area contributed by atoms with E-state index in [0.29, 0.717) is 39.1 Å². The Labute approximate surface area is 162 Å². The molecule has 0 saturated carbocycles. The number of hydrogen-bond donors (Lipinski definition) is 0. The number of para-hydroxylation sites is 1. The Morgan fingerprint density at radius 3 is 2.37 bits per heavy atom. The van der Waals surface area contributed by atoms with Gasteiger partial charge in [0, 0.05) is 26.1 Å². The van der Waals surface area contributed by atoms with Crippen LogP contribution in [0.25, 0.3) is 0 Å². The smallest absolute Gasteiger partial charge is 0.310 e. The maximum Gasteiger partial charge on any atom is 0.310 e. The van der Waals surface area contributed by atoms with Crippen molar-refractivity contribution >= 4 is 11.9 Å². The van der Waals surface area contributed by atoms with Crippen LogP contribution in [0.1, 0.15) is 40.0 Å². The summed E-state index contributed by atoms with van der Waals surface area (Å²) in [6.45, 7) is 7.72. The minimum atomic E-state index is -0.356. The van der Waals surface area contributed by atoms with Gasteiger partial charge in [-0.25, -0.2) is 0 Å². The maximum absolute atomic E-state index is 12.6. The summed E-state index contributed by atoms with van der Waals surface area (Å²) in [5, 5.41) is 0. The monoisotopic (exact) mass is 379 g/mol. The van der Waals surface area contributed by atoms with Crippen molar-refractivity contribution in [1.82, 2.24) is 4.90 Å². The van der Waals surface area contributed by atoms with Gasteiger partial charge in [-0.1, -0.05) is 25.1 Å². The van der Waals surface area contributed by atoms with Crippen LogP contribution in [-0.4, -0.2) is 56.3 Å². The van der Waals surface area contributed by atoms with Gasteiger partial charge in [-0.15, -0.1) is 0 Å². The molecule has 0 N–H and O–H groups in total. The van der Waals surface area contributed by atoms with Gasteiger partial charge in [0.1, 0.15) is 5.75 Å². The molecule has 27 heavy (non-hydrogen) atoms. The van der Waals surface area contributed by atoms with Crippen LogP contribution in [0.15, 0.2) is 30.3 Å². The van der Waals surface area contributed by atoms with E-state index in [2.05, 4.69) is 0 Å². The highest BCUT2D eigenvalue weighted by molar-refractivity contribution is 5.78. The molecular formula is C21H33NO5. The molecule has 1 unspecified atom stereocenters. The minimum absolute atomic E-state index is 0.0203. The average molecular weight is 379 g/mol. The fraction of sp³-hybridized carbons (Fsp3) is 0.619. The molecule has 6 nitrogen and oxygen atoms in total. The lowest BCUT2D eigenvalue weighted by atomic mass is 10.1. The van der Waals surface area contributed by atoms with Crippen LogP contribution in [0.2, 0.25) is 0 Å². The number of carbonyl (C=O) groups is 2. The van der Waals surface area contributed by atoms with Crippen molar-refractivity contribution in [2.24, 2.45) is 5.92 Å². The van der Waals surface area contributed by atoms with E-state index in [0.717, 1.165) is 12.2 Å². The lowest BCUT2D eigenvalue weighted by molar-refractivity contribution is -0.146. The number of rotatable bonds is 13. The number of benzene rings is 1. The summed E-state index contributed by atoms with van der Waals surface area (Å²) >= 11 is 0. The standard InChI is InChI=1S/C21H33NO5/c1-17(2)26-15-9-13-22(16-18(3)21(24)25-4)20(23)12-8-14-27-19-10-6-5-7-11-19/h5-7,10-11,17-18H,8-9,12-16H2,1-4H3. The molecule has 1 aromatic rings. The van der Waals surface area contributed by atoms with Crippen LogP contribution in [0.5, 0.6) is 5.75 Å². The Balaban J connectivity index is 2.45. The van der Waals surface area contributed by atoms with Crippen LogP contribution >= 0.6 is 0 Å². The zero-order chi connectivity index (χ0) is 20.1. The van der Waals surface area contributed by atoms with E-state index in [1.54, 1.807) is 11.8 Å². The molecule has 1 amide bonds. The predicted molar refractivity (Wildman–Crippen MR) is 105 cm³/mol. The van der Waals surface area contributed by atoms with Crippen LogP contribution < -0.4 is 4.74 Å². The second-order valence-electron chi connectivity index (χ2n) is 6.80. The highest BCUT2D eigenvalue weighted by Crippen LogP contribution is 2.10.